The molecule has 0 aliphatic rings. The van der Waals surface area contributed by atoms with E-state index < -0.39 is 0 Å². The maximum Gasteiger partial charge on any atom is 0.00961 e. The Kier molecular flexibility index (Phi) is 8.63. The summed E-state index contributed by atoms with van der Waals surface area (Å²) in [6, 6.07) is 0. The molecule has 0 spiro atoms. The summed E-state index contributed by atoms with van der Waals surface area (Å²) in [5.41, 5.74) is 0.463. The van der Waals surface area contributed by atoms with Crippen molar-refractivity contribution >= 4 is 31.9 Å². The molecule has 2 heteroatoms. The Hall–Kier alpha value is 0.960. The van der Waals surface area contributed by atoms with Crippen LogP contribution >= 0.6 is 31.9 Å². The van der Waals surface area contributed by atoms with Gasteiger partial charge in [0, 0.05) is 10.7 Å². The number of rotatable bonds is 8. The quantitative estimate of drug-likeness (QED) is 0.501. The van der Waals surface area contributed by atoms with E-state index in [2.05, 4.69) is 59.6 Å². The van der Waals surface area contributed by atoms with Gasteiger partial charge in [-0.05, 0) is 30.1 Å². The van der Waals surface area contributed by atoms with Gasteiger partial charge < -0.3 is 0 Å². The van der Waals surface area contributed by atoms with E-state index in [4.69, 9.17) is 0 Å². The van der Waals surface area contributed by atoms with Gasteiger partial charge in [-0.25, -0.2) is 0 Å². The predicted octanol–water partition coefficient (Wildman–Crippen LogP) is 5.64. The molecule has 0 aliphatic carbocycles. The fraction of sp³-hybridized carbons (Fsp3) is 1.00. The highest BCUT2D eigenvalue weighted by Gasteiger charge is 2.30. The van der Waals surface area contributed by atoms with E-state index in [0.717, 1.165) is 22.5 Å². The fourth-order valence-corrected chi connectivity index (χ4v) is 4.24. The summed E-state index contributed by atoms with van der Waals surface area (Å²) in [7, 11) is 0. The van der Waals surface area contributed by atoms with Crippen LogP contribution in [0.5, 0.6) is 0 Å². The third-order valence-electron chi connectivity index (χ3n) is 3.28. The van der Waals surface area contributed by atoms with E-state index in [1.165, 1.54) is 25.7 Å². The zero-order chi connectivity index (χ0) is 11.9. The van der Waals surface area contributed by atoms with Gasteiger partial charge in [0.25, 0.3) is 0 Å². The predicted molar refractivity (Wildman–Crippen MR) is 78.2 cm³/mol. The van der Waals surface area contributed by atoms with Crippen LogP contribution in [0.2, 0.25) is 0 Å². The molecule has 0 rings (SSSR count). The van der Waals surface area contributed by atoms with Gasteiger partial charge in [0.15, 0.2) is 0 Å². The Morgan fingerprint density at radius 3 is 1.67 bits per heavy atom. The first kappa shape index (κ1) is 16.0. The van der Waals surface area contributed by atoms with Crippen LogP contribution in [-0.2, 0) is 0 Å². The maximum absolute atomic E-state index is 3.72. The first-order valence-electron chi connectivity index (χ1n) is 6.15. The molecule has 92 valence electrons. The van der Waals surface area contributed by atoms with Gasteiger partial charge >= 0.3 is 0 Å². The minimum Gasteiger partial charge on any atom is -0.0922 e. The zero-order valence-corrected chi connectivity index (χ0v) is 13.8. The van der Waals surface area contributed by atoms with Gasteiger partial charge in [-0.15, -0.1) is 0 Å². The first-order valence-corrected chi connectivity index (χ1v) is 8.39. The van der Waals surface area contributed by atoms with Crippen molar-refractivity contribution < 1.29 is 0 Å². The minimum atomic E-state index is 0.463. The summed E-state index contributed by atoms with van der Waals surface area (Å²) in [5, 5.41) is 2.25. The summed E-state index contributed by atoms with van der Waals surface area (Å²) >= 11 is 7.44. The van der Waals surface area contributed by atoms with Crippen molar-refractivity contribution in [3.8, 4) is 0 Å². The Morgan fingerprint density at radius 1 is 0.933 bits per heavy atom. The summed E-state index contributed by atoms with van der Waals surface area (Å²) in [6.07, 6.45) is 5.31. The zero-order valence-electron chi connectivity index (χ0n) is 10.7. The van der Waals surface area contributed by atoms with E-state index in [9.17, 15) is 0 Å². The van der Waals surface area contributed by atoms with Crippen LogP contribution in [-0.4, -0.2) is 10.7 Å². The molecule has 0 bridgehead atoms. The molecular formula is C13H26Br2. The molecule has 0 amide bonds. The lowest BCUT2D eigenvalue weighted by molar-refractivity contribution is 0.227. The van der Waals surface area contributed by atoms with E-state index in [1.807, 2.05) is 0 Å². The van der Waals surface area contributed by atoms with Crippen LogP contribution in [0.1, 0.15) is 53.4 Å². The Bertz CT molecular complexity index is 147. The van der Waals surface area contributed by atoms with E-state index >= 15 is 0 Å². The second-order valence-electron chi connectivity index (χ2n) is 5.25. The van der Waals surface area contributed by atoms with Gasteiger partial charge in [-0.2, -0.15) is 0 Å². The van der Waals surface area contributed by atoms with Crippen LogP contribution in [0.4, 0.5) is 0 Å². The summed E-state index contributed by atoms with van der Waals surface area (Å²) in [5.74, 6) is 1.67. The third-order valence-corrected chi connectivity index (χ3v) is 5.66. The number of hydrogen-bond acceptors (Lipinski definition) is 0. The SMILES string of the molecule is CCC(CC)CC(CBr)(CBr)CC(C)C. The third kappa shape index (κ3) is 5.72. The topological polar surface area (TPSA) is 0 Å². The minimum absolute atomic E-state index is 0.463. The van der Waals surface area contributed by atoms with Crippen LogP contribution < -0.4 is 0 Å². The molecule has 15 heavy (non-hydrogen) atoms. The molecule has 0 saturated carbocycles. The Balaban J connectivity index is 4.47. The van der Waals surface area contributed by atoms with E-state index in [1.54, 1.807) is 0 Å². The van der Waals surface area contributed by atoms with Crippen LogP contribution in [0, 0.1) is 17.3 Å². The molecule has 0 radical (unpaired) electrons. The molecule has 0 fully saturated rings. The number of alkyl halides is 2. The number of hydrogen-bond donors (Lipinski definition) is 0. The molecule has 0 atom stereocenters. The van der Waals surface area contributed by atoms with Crippen molar-refractivity contribution in [3.63, 3.8) is 0 Å². The Labute approximate surface area is 113 Å². The lowest BCUT2D eigenvalue weighted by atomic mass is 9.75. The Morgan fingerprint density at radius 2 is 1.40 bits per heavy atom. The van der Waals surface area contributed by atoms with Crippen molar-refractivity contribution in [2.45, 2.75) is 53.4 Å². The molecule has 0 N–H and O–H groups in total. The highest BCUT2D eigenvalue weighted by Crippen LogP contribution is 2.38. The monoisotopic (exact) mass is 340 g/mol. The second-order valence-corrected chi connectivity index (χ2v) is 6.37. The van der Waals surface area contributed by atoms with Gasteiger partial charge in [0.1, 0.15) is 0 Å². The standard InChI is InChI=1S/C13H26Br2/c1-5-12(6-2)8-13(9-14,10-15)7-11(3)4/h11-12H,5-10H2,1-4H3. The fourth-order valence-electron chi connectivity index (χ4n) is 2.39. The van der Waals surface area contributed by atoms with Crippen molar-refractivity contribution in [1.29, 1.82) is 0 Å². The average molecular weight is 342 g/mol. The second kappa shape index (κ2) is 8.11. The largest absolute Gasteiger partial charge is 0.0922 e. The van der Waals surface area contributed by atoms with Gasteiger partial charge in [-0.3, -0.25) is 0 Å². The van der Waals surface area contributed by atoms with Crippen LogP contribution in [0.25, 0.3) is 0 Å². The molecule has 0 heterocycles. The lowest BCUT2D eigenvalue weighted by Gasteiger charge is -2.35. The molecule has 0 aliphatic heterocycles. The molecule has 0 aromatic rings. The van der Waals surface area contributed by atoms with Crippen molar-refractivity contribution in [3.05, 3.63) is 0 Å². The van der Waals surface area contributed by atoms with Crippen LogP contribution in [0.15, 0.2) is 0 Å². The van der Waals surface area contributed by atoms with Gasteiger partial charge in [0.2, 0.25) is 0 Å². The average Bonchev–Trinajstić information content (AvgIpc) is 2.23. The van der Waals surface area contributed by atoms with Crippen molar-refractivity contribution in [2.75, 3.05) is 10.7 Å². The first-order chi connectivity index (χ1) is 7.03. The van der Waals surface area contributed by atoms with Crippen molar-refractivity contribution in [2.24, 2.45) is 17.3 Å². The summed E-state index contributed by atoms with van der Waals surface area (Å²) < 4.78 is 0. The van der Waals surface area contributed by atoms with Crippen molar-refractivity contribution in [1.82, 2.24) is 0 Å². The molecular weight excluding hydrogens is 316 g/mol. The smallest absolute Gasteiger partial charge is 0.00961 e. The summed E-state index contributed by atoms with van der Waals surface area (Å²) in [4.78, 5) is 0. The normalized spacial score (nSPS) is 12.8. The maximum atomic E-state index is 3.72. The van der Waals surface area contributed by atoms with E-state index in [-0.39, 0.29) is 0 Å². The highest BCUT2D eigenvalue weighted by molar-refractivity contribution is 9.09. The molecule has 0 aromatic carbocycles. The lowest BCUT2D eigenvalue weighted by Crippen LogP contribution is -2.29. The number of halogens is 2. The van der Waals surface area contributed by atoms with Gasteiger partial charge in [-0.1, -0.05) is 72.4 Å². The molecule has 0 nitrogen and oxygen atoms in total. The molecule has 0 aromatic heterocycles. The van der Waals surface area contributed by atoms with Crippen LogP contribution in [0.3, 0.4) is 0 Å². The van der Waals surface area contributed by atoms with Gasteiger partial charge in [0.05, 0.1) is 0 Å². The van der Waals surface area contributed by atoms with E-state index in [0.29, 0.717) is 5.41 Å². The molecule has 0 unspecified atom stereocenters. The highest BCUT2D eigenvalue weighted by atomic mass is 79.9. The summed E-state index contributed by atoms with van der Waals surface area (Å²) in [6.45, 7) is 9.29. The molecule has 0 saturated heterocycles.